The molecule has 0 heterocycles. The van der Waals surface area contributed by atoms with Gasteiger partial charge < -0.3 is 4.74 Å². The van der Waals surface area contributed by atoms with E-state index in [9.17, 15) is 4.79 Å². The summed E-state index contributed by atoms with van der Waals surface area (Å²) in [6.45, 7) is 4.24. The van der Waals surface area contributed by atoms with Crippen LogP contribution in [0.4, 0.5) is 0 Å². The van der Waals surface area contributed by atoms with Gasteiger partial charge in [0.1, 0.15) is 0 Å². The predicted octanol–water partition coefficient (Wildman–Crippen LogP) is 2.58. The van der Waals surface area contributed by atoms with Crippen LogP contribution in [0.3, 0.4) is 0 Å². The van der Waals surface area contributed by atoms with E-state index in [1.165, 1.54) is 32.6 Å². The Hall–Kier alpha value is -0.530. The summed E-state index contributed by atoms with van der Waals surface area (Å²) >= 11 is 0. The summed E-state index contributed by atoms with van der Waals surface area (Å²) < 4.78 is 5.00. The fourth-order valence-corrected chi connectivity index (χ4v) is 1.92. The number of hydrogen-bond acceptors (Lipinski definition) is 2. The van der Waals surface area contributed by atoms with Crippen molar-refractivity contribution in [2.24, 2.45) is 11.8 Å². The number of ether oxygens (including phenoxy) is 1. The molecule has 2 heteroatoms. The summed E-state index contributed by atoms with van der Waals surface area (Å²) in [6.07, 6.45) is 7.25. The van der Waals surface area contributed by atoms with Crippen molar-refractivity contribution >= 4 is 5.97 Å². The summed E-state index contributed by atoms with van der Waals surface area (Å²) in [5.41, 5.74) is 0. The first-order chi connectivity index (χ1) is 6.22. The Bertz CT molecular complexity index is 157. The Balaban J connectivity index is 2.14. The summed E-state index contributed by atoms with van der Waals surface area (Å²) in [7, 11) is 0. The second-order valence-corrected chi connectivity index (χ2v) is 3.92. The second-order valence-electron chi connectivity index (χ2n) is 3.92. The number of hydrogen-bond donors (Lipinski definition) is 0. The summed E-state index contributed by atoms with van der Waals surface area (Å²) in [5, 5.41) is 0. The van der Waals surface area contributed by atoms with Crippen molar-refractivity contribution in [2.75, 3.05) is 6.61 Å². The monoisotopic (exact) mass is 183 g/mol. The van der Waals surface area contributed by atoms with Crippen molar-refractivity contribution in [1.82, 2.24) is 0 Å². The number of esters is 1. The minimum Gasteiger partial charge on any atom is -0.466 e. The van der Waals surface area contributed by atoms with E-state index in [2.05, 4.69) is 13.3 Å². The third kappa shape index (κ3) is 3.79. The van der Waals surface area contributed by atoms with Crippen LogP contribution in [0.15, 0.2) is 0 Å². The van der Waals surface area contributed by atoms with Gasteiger partial charge >= 0.3 is 5.97 Å². The molecule has 1 aliphatic carbocycles. The molecule has 0 aromatic heterocycles. The van der Waals surface area contributed by atoms with Gasteiger partial charge in [-0.05, 0) is 43.9 Å². The van der Waals surface area contributed by atoms with E-state index in [1.807, 2.05) is 0 Å². The standard InChI is InChI=1S/C11H19O2/c1-3-10-4-6-11(7-5-10)8-13-9(2)12/h3,10-11H,4-8H2,1-2H3. The molecule has 0 N–H and O–H groups in total. The second kappa shape index (κ2) is 5.25. The molecule has 0 saturated heterocycles. The fourth-order valence-electron chi connectivity index (χ4n) is 1.92. The molecule has 1 rings (SSSR count). The maximum atomic E-state index is 10.6. The largest absolute Gasteiger partial charge is 0.466 e. The van der Waals surface area contributed by atoms with E-state index >= 15 is 0 Å². The van der Waals surface area contributed by atoms with Crippen LogP contribution < -0.4 is 0 Å². The molecule has 1 saturated carbocycles. The Morgan fingerprint density at radius 3 is 2.46 bits per heavy atom. The first-order valence-corrected chi connectivity index (χ1v) is 5.15. The Morgan fingerprint density at radius 1 is 1.38 bits per heavy atom. The molecule has 13 heavy (non-hydrogen) atoms. The lowest BCUT2D eigenvalue weighted by molar-refractivity contribution is -0.142. The van der Waals surface area contributed by atoms with Crippen LogP contribution in [0.2, 0.25) is 0 Å². The minimum absolute atomic E-state index is 0.149. The van der Waals surface area contributed by atoms with Crippen molar-refractivity contribution in [3.8, 4) is 0 Å². The molecule has 1 aliphatic rings. The molecule has 1 radical (unpaired) electrons. The topological polar surface area (TPSA) is 26.3 Å². The molecule has 0 aromatic carbocycles. The van der Waals surface area contributed by atoms with Crippen LogP contribution in [0.25, 0.3) is 0 Å². The average Bonchev–Trinajstić information content (AvgIpc) is 2.15. The fraction of sp³-hybridized carbons (Fsp3) is 0.818. The molecule has 0 atom stereocenters. The van der Waals surface area contributed by atoms with E-state index in [4.69, 9.17) is 4.74 Å². The highest BCUT2D eigenvalue weighted by Gasteiger charge is 2.20. The van der Waals surface area contributed by atoms with Gasteiger partial charge in [-0.3, -0.25) is 4.79 Å². The highest BCUT2D eigenvalue weighted by atomic mass is 16.5. The molecular weight excluding hydrogens is 164 g/mol. The molecule has 0 aliphatic heterocycles. The molecule has 1 fully saturated rings. The highest BCUT2D eigenvalue weighted by molar-refractivity contribution is 5.65. The van der Waals surface area contributed by atoms with Crippen LogP contribution in [-0.4, -0.2) is 12.6 Å². The van der Waals surface area contributed by atoms with Crippen molar-refractivity contribution in [1.29, 1.82) is 0 Å². The lowest BCUT2D eigenvalue weighted by Gasteiger charge is -2.26. The molecule has 0 spiro atoms. The van der Waals surface area contributed by atoms with Crippen LogP contribution in [-0.2, 0) is 9.53 Å². The van der Waals surface area contributed by atoms with Gasteiger partial charge in [0.25, 0.3) is 0 Å². The summed E-state index contributed by atoms with van der Waals surface area (Å²) in [4.78, 5) is 10.6. The maximum absolute atomic E-state index is 10.6. The first kappa shape index (κ1) is 10.6. The summed E-state index contributed by atoms with van der Waals surface area (Å²) in [5.74, 6) is 1.26. The van der Waals surface area contributed by atoms with Crippen LogP contribution in [0.1, 0.15) is 39.5 Å². The lowest BCUT2D eigenvalue weighted by atomic mass is 9.81. The molecule has 2 nitrogen and oxygen atoms in total. The normalized spacial score (nSPS) is 28.5. The van der Waals surface area contributed by atoms with Gasteiger partial charge in [0.15, 0.2) is 0 Å². The van der Waals surface area contributed by atoms with E-state index in [0.717, 1.165) is 5.92 Å². The van der Waals surface area contributed by atoms with E-state index in [0.29, 0.717) is 12.5 Å². The Morgan fingerprint density at radius 2 is 2.00 bits per heavy atom. The van der Waals surface area contributed by atoms with Gasteiger partial charge in [-0.1, -0.05) is 6.92 Å². The molecular formula is C11H19O2. The van der Waals surface area contributed by atoms with Gasteiger partial charge in [-0.2, -0.15) is 0 Å². The molecule has 0 bridgehead atoms. The zero-order chi connectivity index (χ0) is 9.68. The average molecular weight is 183 g/mol. The third-order valence-electron chi connectivity index (χ3n) is 2.89. The smallest absolute Gasteiger partial charge is 0.302 e. The third-order valence-corrected chi connectivity index (χ3v) is 2.89. The van der Waals surface area contributed by atoms with Gasteiger partial charge in [0.2, 0.25) is 0 Å². The molecule has 0 aromatic rings. The first-order valence-electron chi connectivity index (χ1n) is 5.15. The van der Waals surface area contributed by atoms with Gasteiger partial charge in [0, 0.05) is 6.92 Å². The number of carbonyl (C=O) groups excluding carboxylic acids is 1. The van der Waals surface area contributed by atoms with E-state index in [-0.39, 0.29) is 5.97 Å². The van der Waals surface area contributed by atoms with Crippen molar-refractivity contribution in [2.45, 2.75) is 39.5 Å². The van der Waals surface area contributed by atoms with Crippen molar-refractivity contribution in [3.05, 3.63) is 6.42 Å². The summed E-state index contributed by atoms with van der Waals surface area (Å²) in [6, 6.07) is 0. The SMILES string of the molecule is C[CH]C1CCC(COC(C)=O)CC1. The van der Waals surface area contributed by atoms with E-state index < -0.39 is 0 Å². The lowest BCUT2D eigenvalue weighted by Crippen LogP contribution is -2.19. The Labute approximate surface area is 80.7 Å². The maximum Gasteiger partial charge on any atom is 0.302 e. The Kier molecular flexibility index (Phi) is 4.26. The minimum atomic E-state index is -0.149. The highest BCUT2D eigenvalue weighted by Crippen LogP contribution is 2.30. The number of rotatable bonds is 3. The van der Waals surface area contributed by atoms with Crippen LogP contribution in [0, 0.1) is 18.3 Å². The van der Waals surface area contributed by atoms with E-state index in [1.54, 1.807) is 0 Å². The predicted molar refractivity (Wildman–Crippen MR) is 52.1 cm³/mol. The van der Waals surface area contributed by atoms with Gasteiger partial charge in [-0.15, -0.1) is 0 Å². The van der Waals surface area contributed by atoms with Gasteiger partial charge in [0.05, 0.1) is 6.61 Å². The zero-order valence-electron chi connectivity index (χ0n) is 8.58. The molecule has 0 unspecified atom stereocenters. The van der Waals surface area contributed by atoms with Gasteiger partial charge in [-0.25, -0.2) is 0 Å². The number of carbonyl (C=O) groups is 1. The quantitative estimate of drug-likeness (QED) is 0.629. The zero-order valence-corrected chi connectivity index (χ0v) is 8.58. The van der Waals surface area contributed by atoms with Crippen molar-refractivity contribution < 1.29 is 9.53 Å². The molecule has 0 amide bonds. The molecule has 75 valence electrons. The van der Waals surface area contributed by atoms with Crippen LogP contribution in [0.5, 0.6) is 0 Å². The van der Waals surface area contributed by atoms with Crippen LogP contribution >= 0.6 is 0 Å². The van der Waals surface area contributed by atoms with Crippen molar-refractivity contribution in [3.63, 3.8) is 0 Å².